The van der Waals surface area contributed by atoms with E-state index in [0.717, 1.165) is 25.1 Å². The second kappa shape index (κ2) is 9.56. The van der Waals surface area contributed by atoms with Crippen LogP contribution < -0.4 is 16.0 Å². The van der Waals surface area contributed by atoms with Crippen LogP contribution in [0.1, 0.15) is 21.7 Å². The predicted molar refractivity (Wildman–Crippen MR) is 102 cm³/mol. The Bertz CT molecular complexity index is 673. The quantitative estimate of drug-likeness (QED) is 0.718. The largest absolute Gasteiger partial charge is 0.350 e. The fraction of sp³-hybridized carbons (Fsp3) is 0.333. The lowest BCUT2D eigenvalue weighted by molar-refractivity contribution is -0.123. The topological polar surface area (TPSA) is 70.2 Å². The lowest BCUT2D eigenvalue weighted by Crippen LogP contribution is -2.51. The number of nitrogens with one attached hydrogen (secondary N) is 3. The molecule has 1 aromatic carbocycles. The van der Waals surface area contributed by atoms with Crippen LogP contribution in [-0.2, 0) is 11.2 Å². The smallest absolute Gasteiger partial charge is 0.262 e. The lowest BCUT2D eigenvalue weighted by atomic mass is 10.0. The van der Waals surface area contributed by atoms with Gasteiger partial charge in [0, 0.05) is 19.0 Å². The summed E-state index contributed by atoms with van der Waals surface area (Å²) in [6, 6.07) is 12.9. The van der Waals surface area contributed by atoms with Crippen molar-refractivity contribution in [2.45, 2.75) is 24.9 Å². The predicted octanol–water partition coefficient (Wildman–Crippen LogP) is 1.99. The zero-order chi connectivity index (χ0) is 16.8. The Morgan fingerprint density at radius 1 is 1.20 bits per heavy atom. The van der Waals surface area contributed by atoms with Gasteiger partial charge in [-0.25, -0.2) is 0 Å². The van der Waals surface area contributed by atoms with E-state index >= 15 is 0 Å². The zero-order valence-corrected chi connectivity index (χ0v) is 15.4. The monoisotopic (exact) mass is 379 g/mol. The third-order valence-corrected chi connectivity index (χ3v) is 4.92. The second-order valence-electron chi connectivity index (χ2n) is 5.89. The molecule has 1 fully saturated rings. The maximum atomic E-state index is 12.7. The highest BCUT2D eigenvalue weighted by Gasteiger charge is 2.25. The van der Waals surface area contributed by atoms with E-state index < -0.39 is 6.04 Å². The van der Waals surface area contributed by atoms with E-state index in [1.807, 2.05) is 41.8 Å². The summed E-state index contributed by atoms with van der Waals surface area (Å²) < 4.78 is 0. The van der Waals surface area contributed by atoms with Gasteiger partial charge < -0.3 is 16.0 Å². The molecule has 3 rings (SSSR count). The maximum absolute atomic E-state index is 12.7. The molecular weight excluding hydrogens is 358 g/mol. The second-order valence-corrected chi connectivity index (χ2v) is 6.84. The number of benzene rings is 1. The normalized spacial score (nSPS) is 17.4. The molecule has 0 radical (unpaired) electrons. The number of halogens is 1. The van der Waals surface area contributed by atoms with E-state index in [1.54, 1.807) is 6.07 Å². The molecule has 7 heteroatoms. The molecule has 0 aliphatic carbocycles. The van der Waals surface area contributed by atoms with Crippen molar-refractivity contribution in [3.05, 3.63) is 58.3 Å². The molecular formula is C18H22ClN3O2S. The van der Waals surface area contributed by atoms with Crippen LogP contribution in [0.5, 0.6) is 0 Å². The first-order valence-corrected chi connectivity index (χ1v) is 9.00. The number of hydrogen-bond acceptors (Lipinski definition) is 4. The third kappa shape index (κ3) is 5.56. The van der Waals surface area contributed by atoms with Gasteiger partial charge in [0.25, 0.3) is 5.91 Å². The molecule has 2 atom stereocenters. The van der Waals surface area contributed by atoms with Crippen molar-refractivity contribution in [1.29, 1.82) is 0 Å². The Kier molecular flexibility index (Phi) is 7.43. The summed E-state index contributed by atoms with van der Waals surface area (Å²) in [7, 11) is 0. The average molecular weight is 380 g/mol. The van der Waals surface area contributed by atoms with Gasteiger partial charge in [0.2, 0.25) is 5.91 Å². The van der Waals surface area contributed by atoms with Crippen molar-refractivity contribution in [1.82, 2.24) is 16.0 Å². The minimum Gasteiger partial charge on any atom is -0.350 e. The van der Waals surface area contributed by atoms with E-state index in [9.17, 15) is 9.59 Å². The standard InChI is InChI=1S/C18H21N3O2S.ClH/c22-17(20-14-8-9-19-12-14)15(11-13-5-2-1-3-6-13)21-18(23)16-7-4-10-24-16;/h1-7,10,14-15,19H,8-9,11-12H2,(H,20,22)(H,21,23);1H. The van der Waals surface area contributed by atoms with Crippen LogP contribution in [0.25, 0.3) is 0 Å². The summed E-state index contributed by atoms with van der Waals surface area (Å²) in [5, 5.41) is 11.0. The maximum Gasteiger partial charge on any atom is 0.262 e. The molecule has 2 heterocycles. The van der Waals surface area contributed by atoms with Gasteiger partial charge in [-0.15, -0.1) is 23.7 Å². The molecule has 25 heavy (non-hydrogen) atoms. The fourth-order valence-corrected chi connectivity index (χ4v) is 3.40. The SMILES string of the molecule is Cl.O=C(NC(Cc1ccccc1)C(=O)NC1CCNC1)c1cccs1. The first-order chi connectivity index (χ1) is 11.7. The van der Waals surface area contributed by atoms with Crippen molar-refractivity contribution in [3.63, 3.8) is 0 Å². The van der Waals surface area contributed by atoms with Crippen LogP contribution in [0.3, 0.4) is 0 Å². The number of amides is 2. The third-order valence-electron chi connectivity index (χ3n) is 4.06. The Hall–Kier alpha value is -1.89. The first kappa shape index (κ1) is 19.4. The summed E-state index contributed by atoms with van der Waals surface area (Å²) in [6.45, 7) is 1.69. The van der Waals surface area contributed by atoms with Gasteiger partial charge in [-0.3, -0.25) is 9.59 Å². The van der Waals surface area contributed by atoms with Gasteiger partial charge >= 0.3 is 0 Å². The Labute approximate surface area is 157 Å². The van der Waals surface area contributed by atoms with E-state index in [4.69, 9.17) is 0 Å². The van der Waals surface area contributed by atoms with Crippen LogP contribution in [0.4, 0.5) is 0 Å². The van der Waals surface area contributed by atoms with Crippen LogP contribution in [0, 0.1) is 0 Å². The van der Waals surface area contributed by atoms with Crippen molar-refractivity contribution in [2.24, 2.45) is 0 Å². The molecule has 1 aliphatic rings. The van der Waals surface area contributed by atoms with Crippen molar-refractivity contribution in [3.8, 4) is 0 Å². The molecule has 134 valence electrons. The Morgan fingerprint density at radius 2 is 2.00 bits per heavy atom. The molecule has 0 bridgehead atoms. The number of carbonyl (C=O) groups excluding carboxylic acids is 2. The summed E-state index contributed by atoms with van der Waals surface area (Å²) in [5.74, 6) is -0.330. The van der Waals surface area contributed by atoms with E-state index in [2.05, 4.69) is 16.0 Å². The average Bonchev–Trinajstić information content (AvgIpc) is 3.29. The molecule has 5 nitrogen and oxygen atoms in total. The summed E-state index contributed by atoms with van der Waals surface area (Å²) in [5.41, 5.74) is 1.02. The van der Waals surface area contributed by atoms with Gasteiger partial charge in [-0.2, -0.15) is 0 Å². The van der Waals surface area contributed by atoms with Crippen LogP contribution in [0.2, 0.25) is 0 Å². The molecule has 2 aromatic rings. The first-order valence-electron chi connectivity index (χ1n) is 8.12. The van der Waals surface area contributed by atoms with Crippen LogP contribution >= 0.6 is 23.7 Å². The molecule has 0 saturated carbocycles. The number of carbonyl (C=O) groups is 2. The van der Waals surface area contributed by atoms with Gasteiger partial charge in [-0.05, 0) is 30.0 Å². The Morgan fingerprint density at radius 3 is 2.64 bits per heavy atom. The summed E-state index contributed by atoms with van der Waals surface area (Å²) in [6.07, 6.45) is 1.40. The molecule has 1 aromatic heterocycles. The van der Waals surface area contributed by atoms with Crippen molar-refractivity contribution >= 4 is 35.6 Å². The molecule has 0 spiro atoms. The number of rotatable bonds is 6. The molecule has 2 amide bonds. The van der Waals surface area contributed by atoms with Crippen molar-refractivity contribution < 1.29 is 9.59 Å². The molecule has 1 aliphatic heterocycles. The number of hydrogen-bond donors (Lipinski definition) is 3. The highest BCUT2D eigenvalue weighted by molar-refractivity contribution is 7.12. The summed E-state index contributed by atoms with van der Waals surface area (Å²) in [4.78, 5) is 25.6. The number of thiophene rings is 1. The summed E-state index contributed by atoms with van der Waals surface area (Å²) >= 11 is 1.37. The highest BCUT2D eigenvalue weighted by Crippen LogP contribution is 2.10. The van der Waals surface area contributed by atoms with Gasteiger partial charge in [0.15, 0.2) is 0 Å². The fourth-order valence-electron chi connectivity index (χ4n) is 2.78. The Balaban J connectivity index is 0.00000225. The zero-order valence-electron chi connectivity index (χ0n) is 13.7. The molecule has 2 unspecified atom stereocenters. The molecule has 3 N–H and O–H groups in total. The minimum atomic E-state index is -0.581. The lowest BCUT2D eigenvalue weighted by Gasteiger charge is -2.20. The van der Waals surface area contributed by atoms with E-state index in [-0.39, 0.29) is 30.3 Å². The van der Waals surface area contributed by atoms with Crippen LogP contribution in [0.15, 0.2) is 47.8 Å². The minimum absolute atomic E-state index is 0. The van der Waals surface area contributed by atoms with Gasteiger partial charge in [0.1, 0.15) is 6.04 Å². The highest BCUT2D eigenvalue weighted by atomic mass is 35.5. The van der Waals surface area contributed by atoms with E-state index in [0.29, 0.717) is 11.3 Å². The molecule has 1 saturated heterocycles. The van der Waals surface area contributed by atoms with Crippen LogP contribution in [-0.4, -0.2) is 37.0 Å². The van der Waals surface area contributed by atoms with E-state index in [1.165, 1.54) is 11.3 Å². The van der Waals surface area contributed by atoms with Gasteiger partial charge in [0.05, 0.1) is 4.88 Å². The van der Waals surface area contributed by atoms with Gasteiger partial charge in [-0.1, -0.05) is 36.4 Å². The van der Waals surface area contributed by atoms with Crippen molar-refractivity contribution in [2.75, 3.05) is 13.1 Å².